The Morgan fingerprint density at radius 1 is 0.917 bits per heavy atom. The number of hydrogen-bond acceptors (Lipinski definition) is 4. The molecule has 0 atom stereocenters. The van der Waals surface area contributed by atoms with Crippen LogP contribution in [0.5, 0.6) is 11.5 Å². The standard InChI is InChI=1S/C8H4N2O2/c9-3-5-1-6(4-10)8(12)2-7(5)11/h1-2,11-12H. The van der Waals surface area contributed by atoms with Gasteiger partial charge in [0.15, 0.2) is 0 Å². The first kappa shape index (κ1) is 7.90. The van der Waals surface area contributed by atoms with Gasteiger partial charge in [-0.1, -0.05) is 0 Å². The first-order chi connectivity index (χ1) is 5.69. The average Bonchev–Trinajstić information content (AvgIpc) is 2.05. The van der Waals surface area contributed by atoms with E-state index in [2.05, 4.69) is 0 Å². The third-order valence-electron chi connectivity index (χ3n) is 1.35. The highest BCUT2D eigenvalue weighted by Crippen LogP contribution is 2.25. The minimum Gasteiger partial charge on any atom is -0.506 e. The zero-order chi connectivity index (χ0) is 9.14. The van der Waals surface area contributed by atoms with Crippen LogP contribution >= 0.6 is 0 Å². The minimum atomic E-state index is -0.325. The quantitative estimate of drug-likeness (QED) is 0.588. The van der Waals surface area contributed by atoms with Gasteiger partial charge in [-0.15, -0.1) is 0 Å². The van der Waals surface area contributed by atoms with Gasteiger partial charge in [-0.3, -0.25) is 0 Å². The zero-order valence-electron chi connectivity index (χ0n) is 5.94. The van der Waals surface area contributed by atoms with Gasteiger partial charge in [0, 0.05) is 6.07 Å². The summed E-state index contributed by atoms with van der Waals surface area (Å²) in [5.41, 5.74) is -0.0475. The van der Waals surface area contributed by atoms with Crippen molar-refractivity contribution in [3.8, 4) is 23.6 Å². The molecule has 0 radical (unpaired) electrons. The Hall–Kier alpha value is -2.20. The van der Waals surface area contributed by atoms with Crippen LogP contribution in [0.4, 0.5) is 0 Å². The molecular formula is C8H4N2O2. The maximum absolute atomic E-state index is 9.02. The zero-order valence-corrected chi connectivity index (χ0v) is 5.94. The van der Waals surface area contributed by atoms with E-state index in [1.54, 1.807) is 12.1 Å². The Morgan fingerprint density at radius 2 is 1.33 bits per heavy atom. The summed E-state index contributed by atoms with van der Waals surface area (Å²) in [7, 11) is 0. The maximum Gasteiger partial charge on any atom is 0.137 e. The lowest BCUT2D eigenvalue weighted by atomic mass is 10.1. The highest BCUT2D eigenvalue weighted by molar-refractivity contribution is 5.54. The largest absolute Gasteiger partial charge is 0.506 e. The van der Waals surface area contributed by atoms with Crippen LogP contribution in [0, 0.1) is 22.7 Å². The molecule has 4 heteroatoms. The third-order valence-corrected chi connectivity index (χ3v) is 1.35. The van der Waals surface area contributed by atoms with Crippen molar-refractivity contribution in [3.05, 3.63) is 23.3 Å². The van der Waals surface area contributed by atoms with E-state index in [-0.39, 0.29) is 22.6 Å². The van der Waals surface area contributed by atoms with Gasteiger partial charge in [-0.05, 0) is 6.07 Å². The van der Waals surface area contributed by atoms with E-state index in [0.29, 0.717) is 0 Å². The van der Waals surface area contributed by atoms with Crippen LogP contribution in [0.25, 0.3) is 0 Å². The fourth-order valence-electron chi connectivity index (χ4n) is 0.756. The number of rotatable bonds is 0. The van der Waals surface area contributed by atoms with Crippen molar-refractivity contribution in [1.29, 1.82) is 10.5 Å². The predicted molar refractivity (Wildman–Crippen MR) is 39.2 cm³/mol. The first-order valence-electron chi connectivity index (χ1n) is 3.05. The van der Waals surface area contributed by atoms with Crippen LogP contribution < -0.4 is 0 Å². The second-order valence-corrected chi connectivity index (χ2v) is 2.11. The summed E-state index contributed by atoms with van der Waals surface area (Å²) in [6, 6.07) is 5.47. The number of benzene rings is 1. The lowest BCUT2D eigenvalue weighted by Gasteiger charge is -1.98. The fourth-order valence-corrected chi connectivity index (χ4v) is 0.756. The molecule has 0 saturated carbocycles. The van der Waals surface area contributed by atoms with Gasteiger partial charge in [-0.25, -0.2) is 0 Å². The van der Waals surface area contributed by atoms with Gasteiger partial charge >= 0.3 is 0 Å². The Balaban J connectivity index is 3.42. The smallest absolute Gasteiger partial charge is 0.137 e. The molecule has 1 rings (SSSR count). The molecule has 58 valence electrons. The van der Waals surface area contributed by atoms with Crippen molar-refractivity contribution < 1.29 is 10.2 Å². The number of nitrogens with zero attached hydrogens (tertiary/aromatic N) is 2. The number of phenols is 2. The van der Waals surface area contributed by atoms with Crippen LogP contribution in [0.2, 0.25) is 0 Å². The Bertz CT molecular complexity index is 363. The van der Waals surface area contributed by atoms with Crippen molar-refractivity contribution in [2.75, 3.05) is 0 Å². The molecule has 2 N–H and O–H groups in total. The summed E-state index contributed by atoms with van der Waals surface area (Å²) in [5.74, 6) is -0.650. The fraction of sp³-hybridized carbons (Fsp3) is 0. The molecule has 1 aromatic rings. The topological polar surface area (TPSA) is 88.0 Å². The molecule has 0 amide bonds. The molecule has 0 saturated heterocycles. The van der Waals surface area contributed by atoms with Crippen molar-refractivity contribution in [2.45, 2.75) is 0 Å². The highest BCUT2D eigenvalue weighted by Gasteiger charge is 2.06. The summed E-state index contributed by atoms with van der Waals surface area (Å²) >= 11 is 0. The second-order valence-electron chi connectivity index (χ2n) is 2.11. The number of aromatic hydroxyl groups is 2. The van der Waals surface area contributed by atoms with Crippen molar-refractivity contribution >= 4 is 0 Å². The van der Waals surface area contributed by atoms with Gasteiger partial charge < -0.3 is 10.2 Å². The lowest BCUT2D eigenvalue weighted by Crippen LogP contribution is -1.81. The van der Waals surface area contributed by atoms with E-state index >= 15 is 0 Å². The summed E-state index contributed by atoms with van der Waals surface area (Å²) in [5, 5.41) is 34.9. The molecule has 0 spiro atoms. The van der Waals surface area contributed by atoms with Gasteiger partial charge in [0.05, 0.1) is 11.1 Å². The molecule has 0 heterocycles. The number of nitriles is 2. The maximum atomic E-state index is 9.02. The van der Waals surface area contributed by atoms with E-state index < -0.39 is 0 Å². The van der Waals surface area contributed by atoms with Gasteiger partial charge in [0.1, 0.15) is 23.6 Å². The van der Waals surface area contributed by atoms with Crippen molar-refractivity contribution in [3.63, 3.8) is 0 Å². The van der Waals surface area contributed by atoms with Gasteiger partial charge in [0.2, 0.25) is 0 Å². The van der Waals surface area contributed by atoms with Crippen LogP contribution in [0.3, 0.4) is 0 Å². The molecule has 0 bridgehead atoms. The number of hydrogen-bond donors (Lipinski definition) is 2. The summed E-state index contributed by atoms with van der Waals surface area (Å²) in [4.78, 5) is 0. The van der Waals surface area contributed by atoms with Crippen molar-refractivity contribution in [1.82, 2.24) is 0 Å². The molecule has 1 aromatic carbocycles. The van der Waals surface area contributed by atoms with Gasteiger partial charge in [-0.2, -0.15) is 10.5 Å². The molecule has 0 aromatic heterocycles. The monoisotopic (exact) mass is 160 g/mol. The first-order valence-corrected chi connectivity index (χ1v) is 3.05. The van der Waals surface area contributed by atoms with Crippen LogP contribution in [0.15, 0.2) is 12.1 Å². The molecule has 0 aliphatic heterocycles. The van der Waals surface area contributed by atoms with E-state index in [0.717, 1.165) is 12.1 Å². The van der Waals surface area contributed by atoms with E-state index in [9.17, 15) is 0 Å². The molecule has 0 aliphatic carbocycles. The predicted octanol–water partition coefficient (Wildman–Crippen LogP) is 0.841. The van der Waals surface area contributed by atoms with Gasteiger partial charge in [0.25, 0.3) is 0 Å². The normalized spacial score (nSPS) is 8.50. The molecule has 0 fully saturated rings. The Labute approximate surface area is 68.5 Å². The second kappa shape index (κ2) is 2.81. The van der Waals surface area contributed by atoms with E-state index in [1.807, 2.05) is 0 Å². The van der Waals surface area contributed by atoms with E-state index in [1.165, 1.54) is 0 Å². The van der Waals surface area contributed by atoms with Crippen LogP contribution in [0.1, 0.15) is 11.1 Å². The third kappa shape index (κ3) is 1.14. The summed E-state index contributed by atoms with van der Waals surface area (Å²) in [6.07, 6.45) is 0. The summed E-state index contributed by atoms with van der Waals surface area (Å²) < 4.78 is 0. The molecule has 0 unspecified atom stereocenters. The lowest BCUT2D eigenvalue weighted by molar-refractivity contribution is 0.448. The average molecular weight is 160 g/mol. The molecule has 12 heavy (non-hydrogen) atoms. The Kier molecular flexibility index (Phi) is 1.85. The van der Waals surface area contributed by atoms with Crippen molar-refractivity contribution in [2.24, 2.45) is 0 Å². The van der Waals surface area contributed by atoms with Crippen LogP contribution in [-0.4, -0.2) is 10.2 Å². The summed E-state index contributed by atoms with van der Waals surface area (Å²) in [6.45, 7) is 0. The Morgan fingerprint density at radius 3 is 1.67 bits per heavy atom. The molecule has 4 nitrogen and oxygen atoms in total. The minimum absolute atomic E-state index is 0.0237. The van der Waals surface area contributed by atoms with E-state index in [4.69, 9.17) is 20.7 Å². The highest BCUT2D eigenvalue weighted by atomic mass is 16.3. The number of phenolic OH excluding ortho intramolecular Hbond substituents is 2. The SMILES string of the molecule is N#Cc1cc(C#N)c(O)cc1O. The van der Waals surface area contributed by atoms with Crippen LogP contribution in [-0.2, 0) is 0 Å². The molecule has 0 aliphatic rings. The molecular weight excluding hydrogens is 156 g/mol.